The van der Waals surface area contributed by atoms with Gasteiger partial charge >= 0.3 is 5.97 Å². The number of nitrogens with two attached hydrogens (primary N) is 1. The summed E-state index contributed by atoms with van der Waals surface area (Å²) in [6, 6.07) is 16.2. The zero-order valence-electron chi connectivity index (χ0n) is 16.9. The average Bonchev–Trinajstić information content (AvgIpc) is 2.78. The van der Waals surface area contributed by atoms with Crippen LogP contribution in [-0.4, -0.2) is 23.0 Å². The predicted molar refractivity (Wildman–Crippen MR) is 113 cm³/mol. The summed E-state index contributed by atoms with van der Waals surface area (Å²) in [5.74, 6) is -1.52. The molecule has 152 valence electrons. The number of primary amides is 1. The minimum Gasteiger partial charge on any atom is -0.449 e. The van der Waals surface area contributed by atoms with E-state index in [2.05, 4.69) is 17.1 Å². The van der Waals surface area contributed by atoms with Gasteiger partial charge in [-0.15, -0.1) is 0 Å². The molecule has 1 amide bonds. The molecule has 2 aromatic carbocycles. The molecule has 1 aromatic heterocycles. The van der Waals surface area contributed by atoms with E-state index in [1.165, 1.54) is 19.3 Å². The average molecular weight is 410 g/mol. The summed E-state index contributed by atoms with van der Waals surface area (Å²) in [6.45, 7) is 3.26. The van der Waals surface area contributed by atoms with Gasteiger partial charge in [0.2, 0.25) is 0 Å². The molecule has 0 spiro atoms. The molecule has 2 N–H and O–H groups in total. The maximum atomic E-state index is 12.7. The van der Waals surface area contributed by atoms with Crippen LogP contribution < -0.4 is 5.73 Å². The SMILES string of the molecule is Cc1ccc(-c2cc(C(=O)O[C@@H](C)C(N)=O)cc(-c3cnccc3C#N)c2)c(C#N)c1. The van der Waals surface area contributed by atoms with Crippen LogP contribution in [0.4, 0.5) is 0 Å². The maximum Gasteiger partial charge on any atom is 0.338 e. The Bertz CT molecular complexity index is 1270. The first-order valence-corrected chi connectivity index (χ1v) is 9.35. The lowest BCUT2D eigenvalue weighted by atomic mass is 9.92. The molecule has 0 bridgehead atoms. The highest BCUT2D eigenvalue weighted by Crippen LogP contribution is 2.32. The first-order chi connectivity index (χ1) is 14.8. The summed E-state index contributed by atoms with van der Waals surface area (Å²) in [5.41, 5.74) is 9.36. The van der Waals surface area contributed by atoms with Gasteiger partial charge in [-0.25, -0.2) is 4.79 Å². The van der Waals surface area contributed by atoms with Crippen LogP contribution in [0.1, 0.15) is 34.0 Å². The Labute approximate surface area is 179 Å². The molecule has 7 heteroatoms. The van der Waals surface area contributed by atoms with E-state index < -0.39 is 18.0 Å². The zero-order chi connectivity index (χ0) is 22.5. The summed E-state index contributed by atoms with van der Waals surface area (Å²) < 4.78 is 5.15. The van der Waals surface area contributed by atoms with Crippen LogP contribution >= 0.6 is 0 Å². The Morgan fingerprint density at radius 3 is 2.32 bits per heavy atom. The topological polar surface area (TPSA) is 130 Å². The molecule has 31 heavy (non-hydrogen) atoms. The van der Waals surface area contributed by atoms with Gasteiger partial charge in [-0.3, -0.25) is 9.78 Å². The third-order valence-electron chi connectivity index (χ3n) is 4.71. The summed E-state index contributed by atoms with van der Waals surface area (Å²) in [5, 5.41) is 19.1. The lowest BCUT2D eigenvalue weighted by molar-refractivity contribution is -0.125. The third-order valence-corrected chi connectivity index (χ3v) is 4.71. The van der Waals surface area contributed by atoms with Gasteiger partial charge in [-0.05, 0) is 66.4 Å². The van der Waals surface area contributed by atoms with E-state index in [4.69, 9.17) is 10.5 Å². The number of hydrogen-bond donors (Lipinski definition) is 1. The number of nitrogens with zero attached hydrogens (tertiary/aromatic N) is 3. The number of pyridine rings is 1. The van der Waals surface area contributed by atoms with Crippen LogP contribution in [0.2, 0.25) is 0 Å². The largest absolute Gasteiger partial charge is 0.449 e. The highest BCUT2D eigenvalue weighted by Gasteiger charge is 2.19. The van der Waals surface area contributed by atoms with E-state index in [-0.39, 0.29) is 5.56 Å². The molecule has 0 aliphatic heterocycles. The van der Waals surface area contributed by atoms with Gasteiger partial charge in [0.15, 0.2) is 6.10 Å². The number of nitriles is 2. The molecule has 1 heterocycles. The molecule has 0 saturated heterocycles. The van der Waals surface area contributed by atoms with Crippen molar-refractivity contribution in [2.45, 2.75) is 20.0 Å². The molecule has 0 radical (unpaired) electrons. The number of benzene rings is 2. The molecule has 7 nitrogen and oxygen atoms in total. The van der Waals surface area contributed by atoms with Gasteiger partial charge in [0.1, 0.15) is 0 Å². The minimum atomic E-state index is -1.11. The summed E-state index contributed by atoms with van der Waals surface area (Å²) in [4.78, 5) is 28.1. The first-order valence-electron chi connectivity index (χ1n) is 9.35. The Hall–Kier alpha value is -4.49. The lowest BCUT2D eigenvalue weighted by Crippen LogP contribution is -2.30. The number of hydrogen-bond acceptors (Lipinski definition) is 6. The van der Waals surface area contributed by atoms with E-state index in [0.717, 1.165) is 5.56 Å². The molecule has 0 aliphatic carbocycles. The van der Waals surface area contributed by atoms with Gasteiger partial charge < -0.3 is 10.5 Å². The molecular formula is C24H18N4O3. The molecule has 3 aromatic rings. The number of amides is 1. The van der Waals surface area contributed by atoms with Gasteiger partial charge in [-0.1, -0.05) is 12.1 Å². The Morgan fingerprint density at radius 1 is 1.00 bits per heavy atom. The van der Waals surface area contributed by atoms with Gasteiger partial charge in [0.25, 0.3) is 5.91 Å². The van der Waals surface area contributed by atoms with Crippen molar-refractivity contribution >= 4 is 11.9 Å². The number of esters is 1. The summed E-state index contributed by atoms with van der Waals surface area (Å²) in [7, 11) is 0. The summed E-state index contributed by atoms with van der Waals surface area (Å²) in [6.07, 6.45) is 1.92. The monoisotopic (exact) mass is 410 g/mol. The van der Waals surface area contributed by atoms with E-state index >= 15 is 0 Å². The van der Waals surface area contributed by atoms with Crippen LogP contribution in [-0.2, 0) is 9.53 Å². The van der Waals surface area contributed by atoms with E-state index in [1.54, 1.807) is 36.4 Å². The van der Waals surface area contributed by atoms with Crippen molar-refractivity contribution < 1.29 is 14.3 Å². The van der Waals surface area contributed by atoms with Crippen molar-refractivity contribution in [3.63, 3.8) is 0 Å². The molecule has 0 saturated carbocycles. The third kappa shape index (κ3) is 4.58. The van der Waals surface area contributed by atoms with Crippen molar-refractivity contribution in [3.05, 3.63) is 77.1 Å². The molecule has 0 fully saturated rings. The second-order valence-electron chi connectivity index (χ2n) is 6.94. The number of ether oxygens (including phenoxy) is 1. The summed E-state index contributed by atoms with van der Waals surface area (Å²) >= 11 is 0. The van der Waals surface area contributed by atoms with Crippen LogP contribution in [0.25, 0.3) is 22.3 Å². The minimum absolute atomic E-state index is 0.151. The lowest BCUT2D eigenvalue weighted by Gasteiger charge is -2.14. The number of aryl methyl sites for hydroxylation is 1. The van der Waals surface area contributed by atoms with E-state index in [0.29, 0.717) is 33.4 Å². The fraction of sp³-hybridized carbons (Fsp3) is 0.125. The van der Waals surface area contributed by atoms with Crippen LogP contribution in [0.3, 0.4) is 0 Å². The highest BCUT2D eigenvalue weighted by atomic mass is 16.5. The number of carbonyl (C=O) groups is 2. The van der Waals surface area contributed by atoms with E-state index in [9.17, 15) is 20.1 Å². The van der Waals surface area contributed by atoms with Gasteiger partial charge in [0, 0.05) is 18.0 Å². The van der Waals surface area contributed by atoms with Crippen LogP contribution in [0, 0.1) is 29.6 Å². The Kier molecular flexibility index (Phi) is 6.09. The molecule has 0 aliphatic rings. The second-order valence-corrected chi connectivity index (χ2v) is 6.94. The fourth-order valence-corrected chi connectivity index (χ4v) is 3.07. The van der Waals surface area contributed by atoms with Crippen molar-refractivity contribution in [3.8, 4) is 34.4 Å². The Balaban J connectivity index is 2.22. The normalized spacial score (nSPS) is 11.1. The Morgan fingerprint density at radius 2 is 1.68 bits per heavy atom. The number of rotatable bonds is 5. The van der Waals surface area contributed by atoms with E-state index in [1.807, 2.05) is 13.0 Å². The smallest absolute Gasteiger partial charge is 0.338 e. The standard InChI is InChI=1S/C24H18N4O3/c1-14-3-4-21(20(7-14)12-26)17-8-18(22-13-28-6-5-16(22)11-25)10-19(9-17)24(30)31-15(2)23(27)29/h3-10,13,15H,1-2H3,(H2,27,29)/t15-/m0/s1. The molecule has 0 unspecified atom stereocenters. The van der Waals surface area contributed by atoms with Gasteiger partial charge in [-0.2, -0.15) is 10.5 Å². The van der Waals surface area contributed by atoms with Crippen LogP contribution in [0.5, 0.6) is 0 Å². The van der Waals surface area contributed by atoms with Gasteiger partial charge in [0.05, 0.1) is 28.8 Å². The number of aromatic nitrogens is 1. The quantitative estimate of drug-likeness (QED) is 0.641. The molecule has 1 atom stereocenters. The van der Waals surface area contributed by atoms with Crippen molar-refractivity contribution in [1.82, 2.24) is 4.98 Å². The fourth-order valence-electron chi connectivity index (χ4n) is 3.07. The predicted octanol–water partition coefficient (Wildman–Crippen LogP) is 3.50. The number of carbonyl (C=O) groups excluding carboxylic acids is 2. The maximum absolute atomic E-state index is 12.7. The zero-order valence-corrected chi connectivity index (χ0v) is 16.9. The van der Waals surface area contributed by atoms with Crippen molar-refractivity contribution in [2.75, 3.05) is 0 Å². The highest BCUT2D eigenvalue weighted by molar-refractivity contribution is 5.95. The second kappa shape index (κ2) is 8.89. The van der Waals surface area contributed by atoms with Crippen LogP contribution in [0.15, 0.2) is 54.9 Å². The first kappa shape index (κ1) is 21.2. The molecule has 3 rings (SSSR count). The van der Waals surface area contributed by atoms with Crippen molar-refractivity contribution in [2.24, 2.45) is 5.73 Å². The van der Waals surface area contributed by atoms with Crippen molar-refractivity contribution in [1.29, 1.82) is 10.5 Å². The molecular weight excluding hydrogens is 392 g/mol.